The SMILES string of the molecule is CC(C)(C)[C@H]1O[C@@H]2Nc3ccccc3[C@@]23CCN=C13. The third kappa shape index (κ3) is 1.29. The Kier molecular flexibility index (Phi) is 2.05. The summed E-state index contributed by atoms with van der Waals surface area (Å²) >= 11 is 0. The molecule has 1 saturated heterocycles. The lowest BCUT2D eigenvalue weighted by atomic mass is 9.72. The van der Waals surface area contributed by atoms with Crippen LogP contribution in [0.5, 0.6) is 0 Å². The van der Waals surface area contributed by atoms with Crippen LogP contribution in [0.2, 0.25) is 0 Å². The fraction of sp³-hybridized carbons (Fsp3) is 0.562. The van der Waals surface area contributed by atoms with E-state index in [9.17, 15) is 0 Å². The number of hydrogen-bond acceptors (Lipinski definition) is 3. The fourth-order valence-corrected chi connectivity index (χ4v) is 3.85. The fourth-order valence-electron chi connectivity index (χ4n) is 3.85. The third-order valence-corrected chi connectivity index (χ3v) is 4.69. The van der Waals surface area contributed by atoms with E-state index in [1.807, 2.05) is 0 Å². The number of nitrogens with one attached hydrogen (secondary N) is 1. The summed E-state index contributed by atoms with van der Waals surface area (Å²) < 4.78 is 6.35. The van der Waals surface area contributed by atoms with Gasteiger partial charge in [-0.3, -0.25) is 4.99 Å². The molecule has 0 radical (unpaired) electrons. The third-order valence-electron chi connectivity index (χ3n) is 4.69. The lowest BCUT2D eigenvalue weighted by Gasteiger charge is -2.28. The first-order valence-electron chi connectivity index (χ1n) is 7.10. The number of nitrogens with zero attached hydrogens (tertiary/aromatic N) is 1. The Morgan fingerprint density at radius 1 is 1.32 bits per heavy atom. The summed E-state index contributed by atoms with van der Waals surface area (Å²) in [5.74, 6) is 0. The molecule has 19 heavy (non-hydrogen) atoms. The number of ether oxygens (including phenoxy) is 1. The molecule has 0 amide bonds. The number of anilines is 1. The molecule has 1 N–H and O–H groups in total. The largest absolute Gasteiger partial charge is 0.359 e. The Morgan fingerprint density at radius 2 is 2.11 bits per heavy atom. The highest BCUT2D eigenvalue weighted by molar-refractivity contribution is 6.05. The van der Waals surface area contributed by atoms with Crippen LogP contribution in [-0.2, 0) is 10.2 Å². The molecule has 3 aliphatic heterocycles. The molecule has 0 aliphatic carbocycles. The summed E-state index contributed by atoms with van der Waals surface area (Å²) in [5, 5.41) is 3.56. The minimum absolute atomic E-state index is 0.00542. The van der Waals surface area contributed by atoms with Crippen molar-refractivity contribution in [2.24, 2.45) is 10.4 Å². The summed E-state index contributed by atoms with van der Waals surface area (Å²) in [5.41, 5.74) is 3.95. The zero-order valence-electron chi connectivity index (χ0n) is 11.7. The van der Waals surface area contributed by atoms with Crippen LogP contribution in [0.4, 0.5) is 5.69 Å². The topological polar surface area (TPSA) is 33.6 Å². The van der Waals surface area contributed by atoms with Crippen molar-refractivity contribution in [2.75, 3.05) is 11.9 Å². The van der Waals surface area contributed by atoms with Crippen LogP contribution in [0.1, 0.15) is 32.8 Å². The van der Waals surface area contributed by atoms with Gasteiger partial charge in [-0.15, -0.1) is 0 Å². The second kappa shape index (κ2) is 3.40. The van der Waals surface area contributed by atoms with E-state index in [2.05, 4.69) is 50.4 Å². The quantitative estimate of drug-likeness (QED) is 0.774. The normalized spacial score (nSPS) is 35.4. The highest BCUT2D eigenvalue weighted by Crippen LogP contribution is 2.54. The number of fused-ring (bicyclic) bond motifs is 1. The number of benzene rings is 1. The van der Waals surface area contributed by atoms with Gasteiger partial charge in [-0.05, 0) is 23.5 Å². The van der Waals surface area contributed by atoms with E-state index in [0.29, 0.717) is 0 Å². The second-order valence-electron chi connectivity index (χ2n) is 6.94. The Bertz CT molecular complexity index is 572. The van der Waals surface area contributed by atoms with E-state index in [0.717, 1.165) is 13.0 Å². The summed E-state index contributed by atoms with van der Waals surface area (Å²) in [7, 11) is 0. The Balaban J connectivity index is 1.88. The maximum atomic E-state index is 6.35. The van der Waals surface area contributed by atoms with Crippen LogP contribution in [0.15, 0.2) is 29.3 Å². The van der Waals surface area contributed by atoms with E-state index in [4.69, 9.17) is 9.73 Å². The maximum Gasteiger partial charge on any atom is 0.143 e. The lowest BCUT2D eigenvalue weighted by molar-refractivity contribution is 0.00167. The summed E-state index contributed by atoms with van der Waals surface area (Å²) in [6.45, 7) is 7.63. The van der Waals surface area contributed by atoms with Gasteiger partial charge in [-0.25, -0.2) is 0 Å². The minimum atomic E-state index is -0.00542. The molecule has 1 spiro atoms. The Morgan fingerprint density at radius 3 is 2.89 bits per heavy atom. The highest BCUT2D eigenvalue weighted by Gasteiger charge is 2.62. The molecule has 1 fully saturated rings. The van der Waals surface area contributed by atoms with Crippen molar-refractivity contribution in [3.05, 3.63) is 29.8 Å². The molecular formula is C16H20N2O. The van der Waals surface area contributed by atoms with Gasteiger partial charge in [0.15, 0.2) is 0 Å². The van der Waals surface area contributed by atoms with Gasteiger partial charge in [0, 0.05) is 12.2 Å². The predicted octanol–water partition coefficient (Wildman–Crippen LogP) is 2.97. The molecule has 3 nitrogen and oxygen atoms in total. The molecule has 0 aromatic heterocycles. The maximum absolute atomic E-state index is 6.35. The van der Waals surface area contributed by atoms with Gasteiger partial charge in [0.25, 0.3) is 0 Å². The Labute approximate surface area is 114 Å². The van der Waals surface area contributed by atoms with Crippen LogP contribution < -0.4 is 5.32 Å². The molecule has 0 bridgehead atoms. The molecule has 3 heteroatoms. The smallest absolute Gasteiger partial charge is 0.143 e. The average Bonchev–Trinajstić information content (AvgIpc) is 2.95. The molecule has 1 aromatic rings. The van der Waals surface area contributed by atoms with E-state index in [-0.39, 0.29) is 23.2 Å². The van der Waals surface area contributed by atoms with Crippen molar-refractivity contribution in [1.82, 2.24) is 0 Å². The Hall–Kier alpha value is -1.35. The van der Waals surface area contributed by atoms with Crippen molar-refractivity contribution in [2.45, 2.75) is 44.9 Å². The van der Waals surface area contributed by atoms with Crippen LogP contribution >= 0.6 is 0 Å². The summed E-state index contributed by atoms with van der Waals surface area (Å²) in [4.78, 5) is 4.83. The van der Waals surface area contributed by atoms with Gasteiger partial charge in [0.05, 0.1) is 11.1 Å². The monoisotopic (exact) mass is 256 g/mol. The van der Waals surface area contributed by atoms with Crippen molar-refractivity contribution < 1.29 is 4.74 Å². The van der Waals surface area contributed by atoms with Crippen molar-refractivity contribution in [1.29, 1.82) is 0 Å². The summed E-state index contributed by atoms with van der Waals surface area (Å²) in [6.07, 6.45) is 1.26. The van der Waals surface area contributed by atoms with Crippen molar-refractivity contribution in [3.8, 4) is 0 Å². The standard InChI is InChI=1S/C16H20N2O/c1-15(2,3)13-12-16(8-9-17-12)10-6-4-5-7-11(10)18-14(16)19-13/h4-7,13-14,18H,8-9H2,1-3H3/t13-,14-,16+/m0/s1. The second-order valence-corrected chi connectivity index (χ2v) is 6.94. The van der Waals surface area contributed by atoms with Crippen LogP contribution in [-0.4, -0.2) is 24.6 Å². The molecule has 100 valence electrons. The molecule has 0 unspecified atom stereocenters. The predicted molar refractivity (Wildman–Crippen MR) is 76.8 cm³/mol. The van der Waals surface area contributed by atoms with Gasteiger partial charge < -0.3 is 10.1 Å². The van der Waals surface area contributed by atoms with E-state index in [1.54, 1.807) is 0 Å². The zero-order chi connectivity index (χ0) is 13.3. The lowest BCUT2D eigenvalue weighted by Crippen LogP contribution is -2.40. The molecule has 0 saturated carbocycles. The highest BCUT2D eigenvalue weighted by atomic mass is 16.5. The first-order valence-corrected chi connectivity index (χ1v) is 7.10. The van der Waals surface area contributed by atoms with Crippen LogP contribution in [0.3, 0.4) is 0 Å². The molecule has 1 aromatic carbocycles. The van der Waals surface area contributed by atoms with Crippen molar-refractivity contribution in [3.63, 3.8) is 0 Å². The van der Waals surface area contributed by atoms with Crippen LogP contribution in [0, 0.1) is 5.41 Å². The molecule has 3 heterocycles. The number of para-hydroxylation sites is 1. The average molecular weight is 256 g/mol. The number of rotatable bonds is 0. The first-order chi connectivity index (χ1) is 9.03. The van der Waals surface area contributed by atoms with E-state index in [1.165, 1.54) is 17.0 Å². The van der Waals surface area contributed by atoms with Crippen molar-refractivity contribution >= 4 is 11.4 Å². The van der Waals surface area contributed by atoms with E-state index >= 15 is 0 Å². The zero-order valence-corrected chi connectivity index (χ0v) is 11.7. The van der Waals surface area contributed by atoms with Crippen LogP contribution in [0.25, 0.3) is 0 Å². The van der Waals surface area contributed by atoms with E-state index < -0.39 is 0 Å². The molecule has 4 rings (SSSR count). The van der Waals surface area contributed by atoms with Gasteiger partial charge in [-0.2, -0.15) is 0 Å². The van der Waals surface area contributed by atoms with Gasteiger partial charge in [0.2, 0.25) is 0 Å². The number of aliphatic imine (C=N–C) groups is 1. The number of hydrogen-bond donors (Lipinski definition) is 1. The summed E-state index contributed by atoms with van der Waals surface area (Å²) in [6, 6.07) is 8.58. The van der Waals surface area contributed by atoms with Gasteiger partial charge >= 0.3 is 0 Å². The first kappa shape index (κ1) is 11.5. The minimum Gasteiger partial charge on any atom is -0.359 e. The van der Waals surface area contributed by atoms with Gasteiger partial charge in [0.1, 0.15) is 12.3 Å². The molecule has 3 aliphatic rings. The molecule has 3 atom stereocenters. The van der Waals surface area contributed by atoms with Gasteiger partial charge in [-0.1, -0.05) is 39.0 Å². The molecular weight excluding hydrogens is 236 g/mol.